The maximum atomic E-state index is 12.9. The van der Waals surface area contributed by atoms with Gasteiger partial charge in [-0.1, -0.05) is 0 Å². The van der Waals surface area contributed by atoms with Gasteiger partial charge in [-0.05, 0) is 38.8 Å². The molecule has 2 saturated heterocycles. The fourth-order valence-electron chi connectivity index (χ4n) is 3.38. The number of carbonyl (C=O) groups is 2. The number of nitrogens with zero attached hydrogens (tertiary/aromatic N) is 3. The molecule has 0 aliphatic carbocycles. The van der Waals surface area contributed by atoms with Crippen LogP contribution in [-0.4, -0.2) is 65.5 Å². The van der Waals surface area contributed by atoms with Gasteiger partial charge in [-0.3, -0.25) is 14.6 Å². The van der Waals surface area contributed by atoms with E-state index in [1.165, 1.54) is 0 Å². The average Bonchev–Trinajstić information content (AvgIpc) is 3.03. The highest BCUT2D eigenvalue weighted by Gasteiger charge is 2.37. The van der Waals surface area contributed by atoms with E-state index in [0.29, 0.717) is 38.4 Å². The Morgan fingerprint density at radius 3 is 2.43 bits per heavy atom. The number of hydrogen-bond donors (Lipinski definition) is 0. The molecule has 0 bridgehead atoms. The number of ether oxygens (including phenoxy) is 1. The fourth-order valence-corrected chi connectivity index (χ4v) is 3.38. The lowest BCUT2D eigenvalue weighted by atomic mass is 10.1. The Morgan fingerprint density at radius 1 is 1.13 bits per heavy atom. The minimum atomic E-state index is -0.339. The van der Waals surface area contributed by atoms with E-state index in [-0.39, 0.29) is 17.9 Å². The van der Waals surface area contributed by atoms with Crippen molar-refractivity contribution in [2.45, 2.75) is 32.7 Å². The number of hydrogen-bond acceptors (Lipinski definition) is 4. The third-order valence-corrected chi connectivity index (χ3v) is 4.45. The minimum Gasteiger partial charge on any atom is -0.378 e. The normalized spacial score (nSPS) is 21.6. The summed E-state index contributed by atoms with van der Waals surface area (Å²) in [6, 6.07) is 3.25. The highest BCUT2D eigenvalue weighted by Crippen LogP contribution is 2.23. The molecule has 1 aromatic rings. The molecule has 2 aliphatic heterocycles. The molecule has 1 aromatic heterocycles. The van der Waals surface area contributed by atoms with E-state index in [0.717, 1.165) is 24.2 Å². The summed E-state index contributed by atoms with van der Waals surface area (Å²) in [5, 5.41) is 0. The molecule has 6 nitrogen and oxygen atoms in total. The highest BCUT2D eigenvalue weighted by molar-refractivity contribution is 5.98. The van der Waals surface area contributed by atoms with E-state index < -0.39 is 0 Å². The van der Waals surface area contributed by atoms with Crippen LogP contribution in [0.3, 0.4) is 0 Å². The summed E-state index contributed by atoms with van der Waals surface area (Å²) in [6.07, 6.45) is 1.61. The lowest BCUT2D eigenvalue weighted by molar-refractivity contribution is -0.139. The van der Waals surface area contributed by atoms with Gasteiger partial charge in [0.2, 0.25) is 5.91 Å². The first-order valence-electron chi connectivity index (χ1n) is 8.19. The van der Waals surface area contributed by atoms with Crippen molar-refractivity contribution in [1.29, 1.82) is 0 Å². The summed E-state index contributed by atoms with van der Waals surface area (Å²) in [5.74, 6) is -0.00985. The summed E-state index contributed by atoms with van der Waals surface area (Å²) in [7, 11) is 0. The number of aryl methyl sites for hydroxylation is 2. The molecule has 0 unspecified atom stereocenters. The van der Waals surface area contributed by atoms with E-state index >= 15 is 0 Å². The van der Waals surface area contributed by atoms with E-state index in [4.69, 9.17) is 4.74 Å². The number of morpholine rings is 1. The predicted molar refractivity (Wildman–Crippen MR) is 85.2 cm³/mol. The van der Waals surface area contributed by atoms with E-state index in [9.17, 15) is 9.59 Å². The summed E-state index contributed by atoms with van der Waals surface area (Å²) in [4.78, 5) is 33.5. The lowest BCUT2D eigenvalue weighted by Gasteiger charge is -2.32. The van der Waals surface area contributed by atoms with Crippen molar-refractivity contribution in [2.24, 2.45) is 0 Å². The van der Waals surface area contributed by atoms with Gasteiger partial charge >= 0.3 is 0 Å². The van der Waals surface area contributed by atoms with Gasteiger partial charge in [0.25, 0.3) is 5.91 Å². The van der Waals surface area contributed by atoms with Crippen molar-refractivity contribution >= 4 is 11.8 Å². The number of carbonyl (C=O) groups excluding carboxylic acids is 2. The third kappa shape index (κ3) is 3.37. The number of pyridine rings is 1. The predicted octanol–water partition coefficient (Wildman–Crippen LogP) is 1.16. The number of amides is 2. The molecule has 0 N–H and O–H groups in total. The van der Waals surface area contributed by atoms with Crippen LogP contribution in [0.4, 0.5) is 0 Å². The van der Waals surface area contributed by atoms with Crippen LogP contribution in [0, 0.1) is 13.8 Å². The average molecular weight is 317 g/mol. The first-order chi connectivity index (χ1) is 11.1. The Morgan fingerprint density at radius 2 is 1.78 bits per heavy atom. The van der Waals surface area contributed by atoms with E-state index in [1.807, 2.05) is 18.7 Å². The summed E-state index contributed by atoms with van der Waals surface area (Å²) in [6.45, 7) is 6.79. The van der Waals surface area contributed by atoms with Crippen LogP contribution < -0.4 is 0 Å². The Labute approximate surface area is 136 Å². The first kappa shape index (κ1) is 15.9. The third-order valence-electron chi connectivity index (χ3n) is 4.45. The van der Waals surface area contributed by atoms with Crippen molar-refractivity contribution in [1.82, 2.24) is 14.8 Å². The number of aromatic nitrogens is 1. The van der Waals surface area contributed by atoms with Crippen molar-refractivity contribution < 1.29 is 14.3 Å². The van der Waals surface area contributed by atoms with Gasteiger partial charge in [0.1, 0.15) is 6.04 Å². The smallest absolute Gasteiger partial charge is 0.254 e. The second-order valence-electron chi connectivity index (χ2n) is 6.23. The Balaban J connectivity index is 1.77. The van der Waals surface area contributed by atoms with Crippen molar-refractivity contribution in [3.05, 3.63) is 29.1 Å². The molecule has 6 heteroatoms. The zero-order chi connectivity index (χ0) is 16.4. The maximum absolute atomic E-state index is 12.9. The van der Waals surface area contributed by atoms with Crippen LogP contribution in [0.1, 0.15) is 34.6 Å². The molecule has 2 amide bonds. The molecular formula is C17H23N3O3. The van der Waals surface area contributed by atoms with Gasteiger partial charge in [-0.15, -0.1) is 0 Å². The van der Waals surface area contributed by atoms with E-state index in [1.54, 1.807) is 17.0 Å². The van der Waals surface area contributed by atoms with Gasteiger partial charge in [-0.2, -0.15) is 0 Å². The molecule has 124 valence electrons. The monoisotopic (exact) mass is 317 g/mol. The topological polar surface area (TPSA) is 62.7 Å². The zero-order valence-corrected chi connectivity index (χ0v) is 13.7. The van der Waals surface area contributed by atoms with Gasteiger partial charge in [0, 0.05) is 36.6 Å². The van der Waals surface area contributed by atoms with Crippen LogP contribution >= 0.6 is 0 Å². The van der Waals surface area contributed by atoms with Crippen LogP contribution in [0.2, 0.25) is 0 Å². The molecule has 3 rings (SSSR count). The van der Waals surface area contributed by atoms with Gasteiger partial charge in [-0.25, -0.2) is 0 Å². The molecule has 2 aliphatic rings. The van der Waals surface area contributed by atoms with Crippen molar-refractivity contribution in [3.8, 4) is 0 Å². The molecule has 2 fully saturated rings. The largest absolute Gasteiger partial charge is 0.378 e. The molecule has 0 spiro atoms. The van der Waals surface area contributed by atoms with Crippen LogP contribution in [0.15, 0.2) is 12.1 Å². The maximum Gasteiger partial charge on any atom is 0.254 e. The molecular weight excluding hydrogens is 294 g/mol. The second kappa shape index (κ2) is 6.66. The second-order valence-corrected chi connectivity index (χ2v) is 6.23. The molecule has 0 saturated carbocycles. The van der Waals surface area contributed by atoms with Gasteiger partial charge in [0.15, 0.2) is 0 Å². The SMILES string of the molecule is Cc1cc(C(=O)N2CCC[C@H]2C(=O)N2CCOCC2)cc(C)n1. The van der Waals surface area contributed by atoms with E-state index in [2.05, 4.69) is 4.98 Å². The van der Waals surface area contributed by atoms with Gasteiger partial charge in [0.05, 0.1) is 13.2 Å². The van der Waals surface area contributed by atoms with Gasteiger partial charge < -0.3 is 14.5 Å². The van der Waals surface area contributed by atoms with Crippen LogP contribution in [0.5, 0.6) is 0 Å². The summed E-state index contributed by atoms with van der Waals surface area (Å²) < 4.78 is 5.30. The molecule has 1 atom stereocenters. The molecule has 0 aromatic carbocycles. The van der Waals surface area contributed by atoms with Crippen LogP contribution in [0.25, 0.3) is 0 Å². The number of likely N-dealkylation sites (tertiary alicyclic amines) is 1. The minimum absolute atomic E-state index is 0.0571. The quantitative estimate of drug-likeness (QED) is 0.821. The number of rotatable bonds is 2. The zero-order valence-electron chi connectivity index (χ0n) is 13.7. The standard InChI is InChI=1S/C17H23N3O3/c1-12-10-14(11-13(2)18-12)16(21)20-5-3-4-15(20)17(22)19-6-8-23-9-7-19/h10-11,15H,3-9H2,1-2H3/t15-/m0/s1. The first-order valence-corrected chi connectivity index (χ1v) is 8.19. The van der Waals surface area contributed by atoms with Crippen molar-refractivity contribution in [3.63, 3.8) is 0 Å². The Kier molecular flexibility index (Phi) is 4.61. The van der Waals surface area contributed by atoms with Crippen LogP contribution in [-0.2, 0) is 9.53 Å². The molecule has 0 radical (unpaired) electrons. The Bertz CT molecular complexity index is 591. The summed E-state index contributed by atoms with van der Waals surface area (Å²) >= 11 is 0. The Hall–Kier alpha value is -1.95. The highest BCUT2D eigenvalue weighted by atomic mass is 16.5. The summed E-state index contributed by atoms with van der Waals surface area (Å²) in [5.41, 5.74) is 2.27. The van der Waals surface area contributed by atoms with Crippen molar-refractivity contribution in [2.75, 3.05) is 32.8 Å². The molecule has 23 heavy (non-hydrogen) atoms. The fraction of sp³-hybridized carbons (Fsp3) is 0.588. The molecule has 3 heterocycles. The lowest BCUT2D eigenvalue weighted by Crippen LogP contribution is -2.51.